The second kappa shape index (κ2) is 7.54. The average Bonchev–Trinajstić information content (AvgIpc) is 2.33. The predicted molar refractivity (Wildman–Crippen MR) is 76.8 cm³/mol. The Labute approximate surface area is 129 Å². The summed E-state index contributed by atoms with van der Waals surface area (Å²) in [5, 5.41) is 22.6. The van der Waals surface area contributed by atoms with Gasteiger partial charge >= 0.3 is 12.0 Å². The molecule has 0 aliphatic rings. The molecule has 0 aliphatic carbocycles. The maximum atomic E-state index is 11.7. The second-order valence-electron chi connectivity index (χ2n) is 3.75. The molecule has 1 aromatic rings. The number of carboxylic acids is 1. The first-order valence-corrected chi connectivity index (χ1v) is 6.54. The summed E-state index contributed by atoms with van der Waals surface area (Å²) in [5.74, 6) is -1.26. The molecule has 0 aromatic heterocycles. The Bertz CT molecular complexity index is 501. The number of urea groups is 1. The van der Waals surface area contributed by atoms with Crippen LogP contribution in [0.3, 0.4) is 0 Å². The van der Waals surface area contributed by atoms with Gasteiger partial charge in [-0.2, -0.15) is 0 Å². The summed E-state index contributed by atoms with van der Waals surface area (Å²) in [6.07, 6.45) is -0.120. The molecular weight excluding hydrogens is 330 g/mol. The minimum absolute atomic E-state index is 0.114. The molecule has 0 unspecified atom stereocenters. The number of rotatable bonds is 5. The monoisotopic (exact) mass is 340 g/mol. The molecule has 0 saturated carbocycles. The van der Waals surface area contributed by atoms with Crippen LogP contribution in [0.15, 0.2) is 12.1 Å². The first kappa shape index (κ1) is 16.8. The van der Waals surface area contributed by atoms with Gasteiger partial charge < -0.3 is 20.8 Å². The summed E-state index contributed by atoms with van der Waals surface area (Å²) in [4.78, 5) is 22.5. The van der Waals surface area contributed by atoms with E-state index in [2.05, 4.69) is 10.6 Å². The summed E-state index contributed by atoms with van der Waals surface area (Å²) >= 11 is 17.5. The van der Waals surface area contributed by atoms with Crippen molar-refractivity contribution < 1.29 is 19.8 Å². The van der Waals surface area contributed by atoms with Crippen LogP contribution in [0.5, 0.6) is 0 Å². The number of halogens is 3. The van der Waals surface area contributed by atoms with Crippen molar-refractivity contribution in [2.45, 2.75) is 12.5 Å². The molecule has 6 nitrogen and oxygen atoms in total. The van der Waals surface area contributed by atoms with E-state index < -0.39 is 18.0 Å². The molecule has 0 spiro atoms. The Balaban J connectivity index is 2.78. The van der Waals surface area contributed by atoms with Gasteiger partial charge in [0.25, 0.3) is 0 Å². The Kier molecular flexibility index (Phi) is 6.35. The van der Waals surface area contributed by atoms with E-state index in [9.17, 15) is 9.59 Å². The highest BCUT2D eigenvalue weighted by Crippen LogP contribution is 2.33. The zero-order valence-electron chi connectivity index (χ0n) is 9.99. The summed E-state index contributed by atoms with van der Waals surface area (Å²) in [6, 6.07) is 0.738. The third kappa shape index (κ3) is 4.72. The van der Waals surface area contributed by atoms with E-state index in [4.69, 9.17) is 45.0 Å². The summed E-state index contributed by atoms with van der Waals surface area (Å²) in [7, 11) is 0. The van der Waals surface area contributed by atoms with Gasteiger partial charge in [0.15, 0.2) is 0 Å². The van der Waals surface area contributed by atoms with Crippen molar-refractivity contribution in [2.75, 3.05) is 11.9 Å². The molecule has 1 atom stereocenters. The first-order valence-electron chi connectivity index (χ1n) is 5.41. The molecule has 1 aromatic carbocycles. The van der Waals surface area contributed by atoms with Crippen LogP contribution in [-0.2, 0) is 4.79 Å². The number of hydrogen-bond acceptors (Lipinski definition) is 3. The number of aliphatic hydroxyl groups excluding tert-OH is 1. The third-order valence-electron chi connectivity index (χ3n) is 2.27. The van der Waals surface area contributed by atoms with E-state index in [0.717, 1.165) is 0 Å². The minimum Gasteiger partial charge on any atom is -0.480 e. The molecule has 2 amide bonds. The van der Waals surface area contributed by atoms with Crippen LogP contribution in [0.2, 0.25) is 15.1 Å². The first-order chi connectivity index (χ1) is 9.35. The van der Waals surface area contributed by atoms with Gasteiger partial charge in [-0.3, -0.25) is 0 Å². The van der Waals surface area contributed by atoms with E-state index in [1.54, 1.807) is 0 Å². The van der Waals surface area contributed by atoms with Crippen molar-refractivity contribution in [3.63, 3.8) is 0 Å². The number of carboxylic acid groups (broad SMARTS) is 1. The van der Waals surface area contributed by atoms with Crippen molar-refractivity contribution in [2.24, 2.45) is 0 Å². The van der Waals surface area contributed by atoms with Crippen LogP contribution in [-0.4, -0.2) is 34.9 Å². The maximum Gasteiger partial charge on any atom is 0.326 e. The topological polar surface area (TPSA) is 98.7 Å². The second-order valence-corrected chi connectivity index (χ2v) is 5.00. The molecule has 0 bridgehead atoms. The van der Waals surface area contributed by atoms with Crippen LogP contribution < -0.4 is 10.6 Å². The quantitative estimate of drug-likeness (QED) is 0.661. The normalized spacial score (nSPS) is 11.8. The molecule has 4 N–H and O–H groups in total. The van der Waals surface area contributed by atoms with Crippen molar-refractivity contribution in [3.8, 4) is 0 Å². The highest BCUT2D eigenvalue weighted by atomic mass is 35.5. The highest BCUT2D eigenvalue weighted by molar-refractivity contribution is 6.42. The average molecular weight is 342 g/mol. The van der Waals surface area contributed by atoms with Gasteiger partial charge in [0.1, 0.15) is 6.04 Å². The summed E-state index contributed by atoms with van der Waals surface area (Å²) in [5.41, 5.74) is 0.114. The van der Waals surface area contributed by atoms with E-state index in [1.165, 1.54) is 12.1 Å². The number of aliphatic hydroxyl groups is 1. The number of benzene rings is 1. The smallest absolute Gasteiger partial charge is 0.326 e. The molecule has 20 heavy (non-hydrogen) atoms. The van der Waals surface area contributed by atoms with Gasteiger partial charge in [0, 0.05) is 18.1 Å². The minimum atomic E-state index is -1.26. The lowest BCUT2D eigenvalue weighted by molar-refractivity contribution is -0.139. The van der Waals surface area contributed by atoms with Gasteiger partial charge in [-0.05, 0) is 12.1 Å². The Morgan fingerprint density at radius 3 is 2.20 bits per heavy atom. The lowest BCUT2D eigenvalue weighted by Gasteiger charge is -2.15. The molecule has 9 heteroatoms. The standard InChI is InChI=1S/C11H11Cl3N2O4/c12-5-3-6(13)9(7(14)4-5)16-11(20)15-8(1-2-17)10(18)19/h3-4,8,17H,1-2H2,(H,18,19)(H2,15,16,20)/t8-/m0/s1. The predicted octanol–water partition coefficient (Wildman–Crippen LogP) is 2.60. The fourth-order valence-corrected chi connectivity index (χ4v) is 2.27. The number of anilines is 1. The zero-order valence-corrected chi connectivity index (χ0v) is 12.3. The largest absolute Gasteiger partial charge is 0.480 e. The van der Waals surface area contributed by atoms with E-state index in [1.807, 2.05) is 0 Å². The lowest BCUT2D eigenvalue weighted by Crippen LogP contribution is -2.43. The van der Waals surface area contributed by atoms with Crippen LogP contribution in [0.25, 0.3) is 0 Å². The van der Waals surface area contributed by atoms with E-state index in [0.29, 0.717) is 5.02 Å². The Morgan fingerprint density at radius 1 is 1.20 bits per heavy atom. The number of carbonyl (C=O) groups excluding carboxylic acids is 1. The van der Waals surface area contributed by atoms with Gasteiger partial charge in [-0.25, -0.2) is 9.59 Å². The van der Waals surface area contributed by atoms with Crippen molar-refractivity contribution in [3.05, 3.63) is 27.2 Å². The number of aliphatic carboxylic acids is 1. The SMILES string of the molecule is O=C(Nc1c(Cl)cc(Cl)cc1Cl)N[C@@H](CCO)C(=O)O. The Hall–Kier alpha value is -1.21. The fourth-order valence-electron chi connectivity index (χ4n) is 1.36. The van der Waals surface area contributed by atoms with Crippen LogP contribution in [0.4, 0.5) is 10.5 Å². The molecule has 1 rings (SSSR count). The molecule has 0 aliphatic heterocycles. The van der Waals surface area contributed by atoms with Gasteiger partial charge in [-0.1, -0.05) is 34.8 Å². The van der Waals surface area contributed by atoms with Gasteiger partial charge in [0.05, 0.1) is 15.7 Å². The van der Waals surface area contributed by atoms with Crippen LogP contribution in [0, 0.1) is 0 Å². The van der Waals surface area contributed by atoms with Gasteiger partial charge in [0.2, 0.25) is 0 Å². The number of nitrogens with one attached hydrogen (secondary N) is 2. The Morgan fingerprint density at radius 2 is 1.75 bits per heavy atom. The summed E-state index contributed by atoms with van der Waals surface area (Å²) in [6.45, 7) is -0.375. The zero-order chi connectivity index (χ0) is 15.3. The fraction of sp³-hybridized carbons (Fsp3) is 0.273. The highest BCUT2D eigenvalue weighted by Gasteiger charge is 2.20. The molecule has 0 radical (unpaired) electrons. The molecule has 0 heterocycles. The third-order valence-corrected chi connectivity index (χ3v) is 3.08. The molecule has 0 fully saturated rings. The van der Waals surface area contributed by atoms with Crippen LogP contribution >= 0.6 is 34.8 Å². The number of carbonyl (C=O) groups is 2. The van der Waals surface area contributed by atoms with E-state index >= 15 is 0 Å². The van der Waals surface area contributed by atoms with Crippen LogP contribution in [0.1, 0.15) is 6.42 Å². The molecule has 110 valence electrons. The maximum absolute atomic E-state index is 11.7. The van der Waals surface area contributed by atoms with Crippen molar-refractivity contribution in [1.82, 2.24) is 5.32 Å². The number of amides is 2. The number of hydrogen-bond donors (Lipinski definition) is 4. The van der Waals surface area contributed by atoms with E-state index in [-0.39, 0.29) is 28.8 Å². The lowest BCUT2D eigenvalue weighted by atomic mass is 10.2. The molecular formula is C11H11Cl3N2O4. The molecule has 0 saturated heterocycles. The van der Waals surface area contributed by atoms with Crippen molar-refractivity contribution in [1.29, 1.82) is 0 Å². The summed E-state index contributed by atoms with van der Waals surface area (Å²) < 4.78 is 0. The van der Waals surface area contributed by atoms with Gasteiger partial charge in [-0.15, -0.1) is 0 Å². The van der Waals surface area contributed by atoms with Crippen molar-refractivity contribution >= 4 is 52.5 Å².